The molecule has 0 fully saturated rings. The molecule has 0 saturated heterocycles. The van der Waals surface area contributed by atoms with E-state index in [1.807, 2.05) is 0 Å². The summed E-state index contributed by atoms with van der Waals surface area (Å²) in [7, 11) is 0. The van der Waals surface area contributed by atoms with E-state index in [-0.39, 0.29) is 5.75 Å². The molecule has 84 valence electrons. The van der Waals surface area contributed by atoms with E-state index >= 15 is 0 Å². The first-order valence-electron chi connectivity index (χ1n) is 4.92. The fourth-order valence-corrected chi connectivity index (χ4v) is 1.74. The summed E-state index contributed by atoms with van der Waals surface area (Å²) in [5.74, 6) is 0.587. The van der Waals surface area contributed by atoms with Gasteiger partial charge in [-0.1, -0.05) is 23.7 Å². The Balaban J connectivity index is 2.31. The Labute approximate surface area is 101 Å². The molecule has 2 heterocycles. The van der Waals surface area contributed by atoms with Crippen molar-refractivity contribution in [3.8, 4) is 17.1 Å². The van der Waals surface area contributed by atoms with E-state index < -0.39 is 0 Å². The van der Waals surface area contributed by atoms with Gasteiger partial charge in [0.2, 0.25) is 0 Å². The molecular formula is C11H7ClN4O. The van der Waals surface area contributed by atoms with Crippen LogP contribution in [0.2, 0.25) is 5.15 Å². The molecule has 1 aromatic carbocycles. The van der Waals surface area contributed by atoms with Gasteiger partial charge in [-0.15, -0.1) is 10.2 Å². The lowest BCUT2D eigenvalue weighted by Gasteiger charge is -2.01. The van der Waals surface area contributed by atoms with Crippen LogP contribution in [0.1, 0.15) is 0 Å². The summed E-state index contributed by atoms with van der Waals surface area (Å²) in [6, 6.07) is 10.2. The van der Waals surface area contributed by atoms with Gasteiger partial charge in [-0.2, -0.15) is 9.61 Å². The molecule has 0 atom stereocenters. The lowest BCUT2D eigenvalue weighted by atomic mass is 10.2. The van der Waals surface area contributed by atoms with Crippen LogP contribution >= 0.6 is 11.6 Å². The number of halogens is 1. The summed E-state index contributed by atoms with van der Waals surface area (Å²) in [5, 5.41) is 22.2. The third-order valence-electron chi connectivity index (χ3n) is 2.38. The predicted molar refractivity (Wildman–Crippen MR) is 62.9 cm³/mol. The summed E-state index contributed by atoms with van der Waals surface area (Å²) in [4.78, 5) is 0. The fraction of sp³-hybridized carbons (Fsp3) is 0. The molecule has 0 bridgehead atoms. The molecule has 3 aromatic rings. The van der Waals surface area contributed by atoms with E-state index in [4.69, 9.17) is 11.6 Å². The molecule has 0 aliphatic heterocycles. The van der Waals surface area contributed by atoms with Crippen LogP contribution < -0.4 is 0 Å². The second kappa shape index (κ2) is 3.71. The van der Waals surface area contributed by atoms with Crippen molar-refractivity contribution in [3.05, 3.63) is 41.6 Å². The van der Waals surface area contributed by atoms with Crippen LogP contribution in [0.3, 0.4) is 0 Å². The molecule has 17 heavy (non-hydrogen) atoms. The largest absolute Gasteiger partial charge is 0.507 e. The zero-order valence-electron chi connectivity index (χ0n) is 8.58. The minimum Gasteiger partial charge on any atom is -0.507 e. The molecular weight excluding hydrogens is 240 g/mol. The van der Waals surface area contributed by atoms with Crippen LogP contribution in [0.5, 0.6) is 5.75 Å². The van der Waals surface area contributed by atoms with E-state index in [9.17, 15) is 5.11 Å². The molecule has 0 aliphatic rings. The molecule has 3 rings (SSSR count). The van der Waals surface area contributed by atoms with Crippen molar-refractivity contribution in [1.82, 2.24) is 19.8 Å². The van der Waals surface area contributed by atoms with E-state index in [2.05, 4.69) is 15.3 Å². The Bertz CT molecular complexity index is 695. The van der Waals surface area contributed by atoms with Crippen LogP contribution in [-0.4, -0.2) is 24.9 Å². The quantitative estimate of drug-likeness (QED) is 0.715. The first-order valence-corrected chi connectivity index (χ1v) is 5.30. The molecule has 0 amide bonds. The highest BCUT2D eigenvalue weighted by atomic mass is 35.5. The first kappa shape index (κ1) is 10.0. The topological polar surface area (TPSA) is 63.3 Å². The SMILES string of the molecule is Oc1ccccc1-c1nnc2ccc(Cl)nn12. The lowest BCUT2D eigenvalue weighted by molar-refractivity contribution is 0.476. The average molecular weight is 247 g/mol. The Morgan fingerprint density at radius 2 is 1.88 bits per heavy atom. The van der Waals surface area contributed by atoms with Crippen LogP contribution in [0, 0.1) is 0 Å². The van der Waals surface area contributed by atoms with E-state index in [0.717, 1.165) is 0 Å². The van der Waals surface area contributed by atoms with Crippen molar-refractivity contribution in [2.75, 3.05) is 0 Å². The molecule has 6 heteroatoms. The van der Waals surface area contributed by atoms with Gasteiger partial charge < -0.3 is 5.11 Å². The van der Waals surface area contributed by atoms with Crippen molar-refractivity contribution in [3.63, 3.8) is 0 Å². The maximum absolute atomic E-state index is 9.77. The number of phenolic OH excluding ortho intramolecular Hbond substituents is 1. The second-order valence-corrected chi connectivity index (χ2v) is 3.85. The Morgan fingerprint density at radius 3 is 2.71 bits per heavy atom. The number of phenols is 1. The number of benzene rings is 1. The maximum Gasteiger partial charge on any atom is 0.189 e. The first-order chi connectivity index (χ1) is 8.25. The van der Waals surface area contributed by atoms with Crippen molar-refractivity contribution in [2.45, 2.75) is 0 Å². The molecule has 0 aliphatic carbocycles. The second-order valence-electron chi connectivity index (χ2n) is 3.47. The molecule has 5 nitrogen and oxygen atoms in total. The van der Waals surface area contributed by atoms with Crippen LogP contribution in [0.4, 0.5) is 0 Å². The molecule has 0 spiro atoms. The number of hydrogen-bond acceptors (Lipinski definition) is 4. The number of aromatic nitrogens is 4. The summed E-state index contributed by atoms with van der Waals surface area (Å²) in [6.45, 7) is 0. The smallest absolute Gasteiger partial charge is 0.189 e. The highest BCUT2D eigenvalue weighted by Crippen LogP contribution is 2.27. The molecule has 2 aromatic heterocycles. The van der Waals surface area contributed by atoms with Gasteiger partial charge in [0.1, 0.15) is 10.9 Å². The van der Waals surface area contributed by atoms with Crippen molar-refractivity contribution in [1.29, 1.82) is 0 Å². The van der Waals surface area contributed by atoms with Gasteiger partial charge in [-0.05, 0) is 24.3 Å². The Hall–Kier alpha value is -2.14. The van der Waals surface area contributed by atoms with E-state index in [1.165, 1.54) is 4.52 Å². The van der Waals surface area contributed by atoms with Crippen molar-refractivity contribution >= 4 is 17.2 Å². The van der Waals surface area contributed by atoms with Gasteiger partial charge in [-0.25, -0.2) is 0 Å². The van der Waals surface area contributed by atoms with Crippen molar-refractivity contribution < 1.29 is 5.11 Å². The molecule has 0 unspecified atom stereocenters. The third kappa shape index (κ3) is 1.60. The van der Waals surface area contributed by atoms with Gasteiger partial charge in [-0.3, -0.25) is 0 Å². The Kier molecular flexibility index (Phi) is 2.19. The number of rotatable bonds is 1. The van der Waals surface area contributed by atoms with Gasteiger partial charge in [0.05, 0.1) is 5.56 Å². The van der Waals surface area contributed by atoms with Crippen LogP contribution in [-0.2, 0) is 0 Å². The zero-order valence-corrected chi connectivity index (χ0v) is 9.33. The average Bonchev–Trinajstić information content (AvgIpc) is 2.72. The standard InChI is InChI=1S/C11H7ClN4O/c12-9-5-6-10-13-14-11(16(10)15-9)7-3-1-2-4-8(7)17/h1-6,17H. The van der Waals surface area contributed by atoms with Crippen LogP contribution in [0.25, 0.3) is 17.0 Å². The molecule has 1 N–H and O–H groups in total. The lowest BCUT2D eigenvalue weighted by Crippen LogP contribution is -1.94. The highest BCUT2D eigenvalue weighted by molar-refractivity contribution is 6.29. The minimum absolute atomic E-state index is 0.128. The normalized spacial score (nSPS) is 10.9. The van der Waals surface area contributed by atoms with Crippen molar-refractivity contribution in [2.24, 2.45) is 0 Å². The maximum atomic E-state index is 9.77. The van der Waals surface area contributed by atoms with Gasteiger partial charge >= 0.3 is 0 Å². The predicted octanol–water partition coefficient (Wildman–Crippen LogP) is 2.15. The minimum atomic E-state index is 0.128. The summed E-state index contributed by atoms with van der Waals surface area (Å²) in [5.41, 5.74) is 1.14. The van der Waals surface area contributed by atoms with E-state index in [1.54, 1.807) is 36.4 Å². The number of fused-ring (bicyclic) bond motifs is 1. The molecule has 0 radical (unpaired) electrons. The van der Waals surface area contributed by atoms with Gasteiger partial charge in [0.25, 0.3) is 0 Å². The van der Waals surface area contributed by atoms with Gasteiger partial charge in [0.15, 0.2) is 11.5 Å². The summed E-state index contributed by atoms with van der Waals surface area (Å²) in [6.07, 6.45) is 0. The number of hydrogen-bond donors (Lipinski definition) is 1. The highest BCUT2D eigenvalue weighted by Gasteiger charge is 2.12. The van der Waals surface area contributed by atoms with Gasteiger partial charge in [0, 0.05) is 0 Å². The number of aromatic hydroxyl groups is 1. The monoisotopic (exact) mass is 246 g/mol. The van der Waals surface area contributed by atoms with E-state index in [0.29, 0.717) is 22.2 Å². The number of nitrogens with zero attached hydrogens (tertiary/aromatic N) is 4. The third-order valence-corrected chi connectivity index (χ3v) is 2.58. The van der Waals surface area contributed by atoms with Crippen LogP contribution in [0.15, 0.2) is 36.4 Å². The fourth-order valence-electron chi connectivity index (χ4n) is 1.60. The number of para-hydroxylation sites is 1. The zero-order chi connectivity index (χ0) is 11.8. The molecule has 0 saturated carbocycles. The summed E-state index contributed by atoms with van der Waals surface area (Å²) >= 11 is 5.82. The Morgan fingerprint density at radius 1 is 1.06 bits per heavy atom. The summed E-state index contributed by atoms with van der Waals surface area (Å²) < 4.78 is 1.50.